The second kappa shape index (κ2) is 6.16. The highest BCUT2D eigenvalue weighted by atomic mass is 35.5. The molecule has 0 aliphatic carbocycles. The number of ether oxygens (including phenoxy) is 1. The first kappa shape index (κ1) is 14.0. The van der Waals surface area contributed by atoms with Crippen LogP contribution in [0.4, 0.5) is 21.9 Å². The van der Waals surface area contributed by atoms with Gasteiger partial charge in [-0.2, -0.15) is 0 Å². The Hall–Kier alpha value is -2.40. The number of anilines is 3. The molecule has 6 heteroatoms. The van der Waals surface area contributed by atoms with Gasteiger partial charge in [-0.05, 0) is 42.5 Å². The molecule has 5 nitrogen and oxygen atoms in total. The normalized spacial score (nSPS) is 9.90. The van der Waals surface area contributed by atoms with Gasteiger partial charge >= 0.3 is 6.03 Å². The average Bonchev–Trinajstić information content (AvgIpc) is 2.43. The van der Waals surface area contributed by atoms with E-state index in [9.17, 15) is 4.79 Å². The largest absolute Gasteiger partial charge is 0.497 e. The second-order valence-corrected chi connectivity index (χ2v) is 4.48. The van der Waals surface area contributed by atoms with Crippen molar-refractivity contribution in [1.82, 2.24) is 0 Å². The lowest BCUT2D eigenvalue weighted by Crippen LogP contribution is -2.20. The number of methoxy groups -OCH3 is 1. The Bertz CT molecular complexity index is 614. The van der Waals surface area contributed by atoms with Crippen LogP contribution >= 0.6 is 11.6 Å². The molecule has 0 radical (unpaired) electrons. The number of amides is 2. The van der Waals surface area contributed by atoms with Crippen molar-refractivity contribution < 1.29 is 9.53 Å². The minimum Gasteiger partial charge on any atom is -0.497 e. The third-order valence-corrected chi connectivity index (χ3v) is 2.85. The predicted molar refractivity (Wildman–Crippen MR) is 81.5 cm³/mol. The number of carbonyl (C=O) groups is 1. The van der Waals surface area contributed by atoms with Crippen LogP contribution in [0, 0.1) is 0 Å². The fraction of sp³-hybridized carbons (Fsp3) is 0.0714. The van der Waals surface area contributed by atoms with E-state index < -0.39 is 6.03 Å². The molecule has 4 N–H and O–H groups in total. The average molecular weight is 292 g/mol. The number of hydrogen-bond acceptors (Lipinski definition) is 3. The van der Waals surface area contributed by atoms with Gasteiger partial charge in [0.05, 0.1) is 18.5 Å². The SMILES string of the molecule is COc1ccc(NC(=O)Nc2cc(Cl)ccc2N)cc1. The Morgan fingerprint density at radius 3 is 2.50 bits per heavy atom. The highest BCUT2D eigenvalue weighted by molar-refractivity contribution is 6.31. The van der Waals surface area contributed by atoms with Crippen LogP contribution in [0.5, 0.6) is 5.75 Å². The monoisotopic (exact) mass is 291 g/mol. The highest BCUT2D eigenvalue weighted by Gasteiger charge is 2.06. The summed E-state index contributed by atoms with van der Waals surface area (Å²) in [7, 11) is 1.58. The smallest absolute Gasteiger partial charge is 0.323 e. The molecule has 0 heterocycles. The molecule has 0 aromatic heterocycles. The molecule has 20 heavy (non-hydrogen) atoms. The van der Waals surface area contributed by atoms with Gasteiger partial charge in [-0.25, -0.2) is 4.79 Å². The van der Waals surface area contributed by atoms with Gasteiger partial charge in [0.25, 0.3) is 0 Å². The number of hydrogen-bond donors (Lipinski definition) is 3. The van der Waals surface area contributed by atoms with Gasteiger partial charge < -0.3 is 21.1 Å². The summed E-state index contributed by atoms with van der Waals surface area (Å²) in [5, 5.41) is 5.82. The molecule has 0 saturated heterocycles. The van der Waals surface area contributed by atoms with Crippen LogP contribution in [-0.2, 0) is 0 Å². The molecule has 0 aliphatic heterocycles. The number of urea groups is 1. The number of nitrogens with two attached hydrogens (primary N) is 1. The zero-order valence-electron chi connectivity index (χ0n) is 10.8. The molecule has 0 bridgehead atoms. The van der Waals surface area contributed by atoms with Crippen LogP contribution in [0.25, 0.3) is 0 Å². The summed E-state index contributed by atoms with van der Waals surface area (Å²) in [6.45, 7) is 0. The minimum absolute atomic E-state index is 0.399. The Morgan fingerprint density at radius 2 is 1.85 bits per heavy atom. The molecular formula is C14H14ClN3O2. The fourth-order valence-corrected chi connectivity index (χ4v) is 1.77. The van der Waals surface area contributed by atoms with Crippen molar-refractivity contribution in [2.24, 2.45) is 0 Å². The Morgan fingerprint density at radius 1 is 1.15 bits per heavy atom. The van der Waals surface area contributed by atoms with Gasteiger partial charge in [0.1, 0.15) is 5.75 Å². The lowest BCUT2D eigenvalue weighted by atomic mass is 10.2. The number of benzene rings is 2. The Kier molecular flexibility index (Phi) is 4.32. The molecule has 2 rings (SSSR count). The quantitative estimate of drug-likeness (QED) is 0.757. The van der Waals surface area contributed by atoms with Crippen LogP contribution in [0.2, 0.25) is 5.02 Å². The van der Waals surface area contributed by atoms with E-state index >= 15 is 0 Å². The molecule has 2 aromatic rings. The summed E-state index contributed by atoms with van der Waals surface area (Å²) in [5.74, 6) is 0.718. The van der Waals surface area contributed by atoms with Crippen molar-refractivity contribution in [2.45, 2.75) is 0 Å². The number of rotatable bonds is 3. The van der Waals surface area contributed by atoms with Crippen LogP contribution in [-0.4, -0.2) is 13.1 Å². The third-order valence-electron chi connectivity index (χ3n) is 2.61. The summed E-state index contributed by atoms with van der Waals surface area (Å²) in [6, 6.07) is 11.5. The fourth-order valence-electron chi connectivity index (χ4n) is 1.60. The van der Waals surface area contributed by atoms with Crippen molar-refractivity contribution in [2.75, 3.05) is 23.5 Å². The second-order valence-electron chi connectivity index (χ2n) is 4.04. The van der Waals surface area contributed by atoms with Gasteiger partial charge in [0.15, 0.2) is 0 Å². The lowest BCUT2D eigenvalue weighted by molar-refractivity contribution is 0.262. The standard InChI is InChI=1S/C14H14ClN3O2/c1-20-11-5-3-10(4-6-11)17-14(19)18-13-8-9(15)2-7-12(13)16/h2-8H,16H2,1H3,(H2,17,18,19). The van der Waals surface area contributed by atoms with Crippen LogP contribution in [0.1, 0.15) is 0 Å². The van der Waals surface area contributed by atoms with E-state index in [2.05, 4.69) is 10.6 Å². The van der Waals surface area contributed by atoms with Crippen molar-refractivity contribution in [1.29, 1.82) is 0 Å². The van der Waals surface area contributed by atoms with E-state index in [1.54, 1.807) is 49.6 Å². The van der Waals surface area contributed by atoms with Gasteiger partial charge in [-0.15, -0.1) is 0 Å². The first-order valence-corrected chi connectivity index (χ1v) is 6.23. The number of nitrogens with one attached hydrogen (secondary N) is 2. The van der Waals surface area contributed by atoms with E-state index in [0.717, 1.165) is 5.75 Å². The zero-order chi connectivity index (χ0) is 14.5. The molecule has 2 amide bonds. The Balaban J connectivity index is 2.03. The Labute approximate surface area is 121 Å². The number of carbonyl (C=O) groups excluding carboxylic acids is 1. The van der Waals surface area contributed by atoms with E-state index in [1.165, 1.54) is 0 Å². The molecule has 0 fully saturated rings. The van der Waals surface area contributed by atoms with Gasteiger partial charge in [0.2, 0.25) is 0 Å². The van der Waals surface area contributed by atoms with Crippen molar-refractivity contribution in [3.8, 4) is 5.75 Å². The van der Waals surface area contributed by atoms with Crippen molar-refractivity contribution in [3.63, 3.8) is 0 Å². The van der Waals surface area contributed by atoms with E-state index in [4.69, 9.17) is 22.1 Å². The maximum atomic E-state index is 11.8. The van der Waals surface area contributed by atoms with E-state index in [0.29, 0.717) is 22.1 Å². The molecule has 104 valence electrons. The zero-order valence-corrected chi connectivity index (χ0v) is 11.6. The van der Waals surface area contributed by atoms with Crippen LogP contribution in [0.15, 0.2) is 42.5 Å². The first-order chi connectivity index (χ1) is 9.58. The highest BCUT2D eigenvalue weighted by Crippen LogP contribution is 2.23. The maximum Gasteiger partial charge on any atom is 0.323 e. The molecule has 0 aliphatic rings. The number of halogens is 1. The molecule has 0 atom stereocenters. The summed E-state index contributed by atoms with van der Waals surface area (Å²) in [4.78, 5) is 11.8. The lowest BCUT2D eigenvalue weighted by Gasteiger charge is -2.10. The van der Waals surface area contributed by atoms with Gasteiger partial charge in [-0.1, -0.05) is 11.6 Å². The summed E-state index contributed by atoms with van der Waals surface area (Å²) < 4.78 is 5.04. The van der Waals surface area contributed by atoms with Gasteiger partial charge in [-0.3, -0.25) is 0 Å². The molecule has 0 spiro atoms. The molecule has 0 saturated carbocycles. The van der Waals surface area contributed by atoms with Crippen molar-refractivity contribution in [3.05, 3.63) is 47.5 Å². The molecular weight excluding hydrogens is 278 g/mol. The van der Waals surface area contributed by atoms with Crippen molar-refractivity contribution >= 4 is 34.7 Å². The summed E-state index contributed by atoms with van der Waals surface area (Å²) in [6.07, 6.45) is 0. The summed E-state index contributed by atoms with van der Waals surface area (Å²) in [5.41, 5.74) is 7.30. The molecule has 0 unspecified atom stereocenters. The van der Waals surface area contributed by atoms with E-state index in [-0.39, 0.29) is 0 Å². The third kappa shape index (κ3) is 3.55. The topological polar surface area (TPSA) is 76.4 Å². The molecule has 2 aromatic carbocycles. The van der Waals surface area contributed by atoms with Gasteiger partial charge in [0, 0.05) is 10.7 Å². The number of nitrogen functional groups attached to an aromatic ring is 1. The summed E-state index contributed by atoms with van der Waals surface area (Å²) >= 11 is 5.85. The minimum atomic E-state index is -0.399. The maximum absolute atomic E-state index is 11.8. The first-order valence-electron chi connectivity index (χ1n) is 5.85. The predicted octanol–water partition coefficient (Wildman–Crippen LogP) is 3.57. The van der Waals surface area contributed by atoms with E-state index in [1.807, 2.05) is 0 Å². The van der Waals surface area contributed by atoms with Crippen LogP contribution in [0.3, 0.4) is 0 Å². The van der Waals surface area contributed by atoms with Crippen LogP contribution < -0.4 is 21.1 Å².